The second-order valence-corrected chi connectivity index (χ2v) is 5.64. The first kappa shape index (κ1) is 10.6. The molecule has 1 aromatic carbocycles. The van der Waals surface area contributed by atoms with Crippen LogP contribution in [-0.4, -0.2) is 5.11 Å². The molecule has 1 aliphatic rings. The Hall–Kier alpha value is -1.54. The molecule has 0 radical (unpaired) electrons. The molecule has 86 valence electrons. The smallest absolute Gasteiger partial charge is 0.115 e. The SMILES string of the molecule is C=C(C)c1cc2c(s1)-c1ccc(O)cc1CC2. The number of thiophene rings is 1. The first-order valence-electron chi connectivity index (χ1n) is 5.76. The Bertz CT molecular complexity index is 607. The molecule has 17 heavy (non-hydrogen) atoms. The minimum Gasteiger partial charge on any atom is -0.508 e. The number of hydrogen-bond donors (Lipinski definition) is 1. The van der Waals surface area contributed by atoms with Crippen LogP contribution in [0.25, 0.3) is 16.0 Å². The number of hydrogen-bond acceptors (Lipinski definition) is 2. The molecule has 1 aromatic heterocycles. The van der Waals surface area contributed by atoms with Crippen molar-refractivity contribution in [1.82, 2.24) is 0 Å². The standard InChI is InChI=1S/C15H14OS/c1-9(2)14-8-11-4-3-10-7-12(16)5-6-13(10)15(11)17-14/h5-8,16H,1,3-4H2,2H3. The lowest BCUT2D eigenvalue weighted by Gasteiger charge is -2.15. The number of benzene rings is 1. The Labute approximate surface area is 105 Å². The summed E-state index contributed by atoms with van der Waals surface area (Å²) in [5.41, 5.74) is 5.09. The van der Waals surface area contributed by atoms with E-state index in [1.54, 1.807) is 6.07 Å². The van der Waals surface area contributed by atoms with Crippen molar-refractivity contribution in [2.24, 2.45) is 0 Å². The summed E-state index contributed by atoms with van der Waals surface area (Å²) in [7, 11) is 0. The fraction of sp³-hybridized carbons (Fsp3) is 0.200. The van der Waals surface area contributed by atoms with Gasteiger partial charge in [-0.15, -0.1) is 11.3 Å². The Morgan fingerprint density at radius 2 is 2.00 bits per heavy atom. The summed E-state index contributed by atoms with van der Waals surface area (Å²) in [6.45, 7) is 6.06. The Balaban J connectivity index is 2.19. The van der Waals surface area contributed by atoms with E-state index >= 15 is 0 Å². The van der Waals surface area contributed by atoms with Crippen molar-refractivity contribution in [3.8, 4) is 16.2 Å². The maximum Gasteiger partial charge on any atom is 0.115 e. The fourth-order valence-corrected chi connectivity index (χ4v) is 3.53. The summed E-state index contributed by atoms with van der Waals surface area (Å²) in [6.07, 6.45) is 2.08. The third-order valence-electron chi connectivity index (χ3n) is 3.23. The van der Waals surface area contributed by atoms with Crippen LogP contribution < -0.4 is 0 Å². The fourth-order valence-electron chi connectivity index (χ4n) is 2.33. The topological polar surface area (TPSA) is 20.2 Å². The van der Waals surface area contributed by atoms with Crippen LogP contribution in [0, 0.1) is 0 Å². The first-order chi connectivity index (χ1) is 8.15. The van der Waals surface area contributed by atoms with Gasteiger partial charge < -0.3 is 5.11 Å². The van der Waals surface area contributed by atoms with Gasteiger partial charge in [0.1, 0.15) is 5.75 Å². The van der Waals surface area contributed by atoms with Crippen LogP contribution >= 0.6 is 11.3 Å². The molecule has 1 nitrogen and oxygen atoms in total. The molecule has 0 aliphatic heterocycles. The molecule has 0 spiro atoms. The summed E-state index contributed by atoms with van der Waals surface area (Å²) < 4.78 is 0. The van der Waals surface area contributed by atoms with E-state index in [0.29, 0.717) is 5.75 Å². The highest BCUT2D eigenvalue weighted by Crippen LogP contribution is 2.41. The van der Waals surface area contributed by atoms with Crippen LogP contribution in [0.1, 0.15) is 22.9 Å². The first-order valence-corrected chi connectivity index (χ1v) is 6.57. The van der Waals surface area contributed by atoms with Gasteiger partial charge in [-0.05, 0) is 66.3 Å². The lowest BCUT2D eigenvalue weighted by atomic mass is 9.91. The Kier molecular flexibility index (Phi) is 2.33. The molecular formula is C15H14OS. The van der Waals surface area contributed by atoms with Crippen molar-refractivity contribution >= 4 is 16.9 Å². The summed E-state index contributed by atoms with van der Waals surface area (Å²) in [6, 6.07) is 7.95. The van der Waals surface area contributed by atoms with E-state index in [9.17, 15) is 5.11 Å². The normalized spacial score (nSPS) is 13.0. The molecule has 1 N–H and O–H groups in total. The largest absolute Gasteiger partial charge is 0.508 e. The summed E-state index contributed by atoms with van der Waals surface area (Å²) in [4.78, 5) is 2.63. The third kappa shape index (κ3) is 1.69. The maximum absolute atomic E-state index is 9.52. The zero-order chi connectivity index (χ0) is 12.0. The van der Waals surface area contributed by atoms with E-state index < -0.39 is 0 Å². The van der Waals surface area contributed by atoms with E-state index in [0.717, 1.165) is 18.4 Å². The monoisotopic (exact) mass is 242 g/mol. The average Bonchev–Trinajstić information content (AvgIpc) is 2.72. The second kappa shape index (κ2) is 3.74. The second-order valence-electron chi connectivity index (χ2n) is 4.59. The highest BCUT2D eigenvalue weighted by atomic mass is 32.1. The molecule has 0 bridgehead atoms. The Morgan fingerprint density at radius 1 is 1.24 bits per heavy atom. The molecule has 2 heteroatoms. The summed E-state index contributed by atoms with van der Waals surface area (Å²) in [5, 5.41) is 9.52. The van der Waals surface area contributed by atoms with Gasteiger partial charge in [0.05, 0.1) is 0 Å². The zero-order valence-electron chi connectivity index (χ0n) is 9.79. The third-order valence-corrected chi connectivity index (χ3v) is 4.60. The zero-order valence-corrected chi connectivity index (χ0v) is 10.6. The quantitative estimate of drug-likeness (QED) is 0.792. The number of rotatable bonds is 1. The maximum atomic E-state index is 9.52. The van der Waals surface area contributed by atoms with Crippen molar-refractivity contribution in [1.29, 1.82) is 0 Å². The highest BCUT2D eigenvalue weighted by Gasteiger charge is 2.19. The number of aromatic hydroxyl groups is 1. The van der Waals surface area contributed by atoms with E-state index in [2.05, 4.69) is 19.6 Å². The minimum atomic E-state index is 0.365. The van der Waals surface area contributed by atoms with E-state index in [1.807, 2.05) is 23.5 Å². The number of phenolic OH excluding ortho intramolecular Hbond substituents is 1. The van der Waals surface area contributed by atoms with Gasteiger partial charge in [0.2, 0.25) is 0 Å². The molecule has 0 fully saturated rings. The molecule has 0 saturated carbocycles. The number of allylic oxidation sites excluding steroid dienone is 1. The molecule has 1 heterocycles. The van der Waals surface area contributed by atoms with Crippen molar-refractivity contribution < 1.29 is 5.11 Å². The number of fused-ring (bicyclic) bond motifs is 3. The number of aryl methyl sites for hydroxylation is 2. The van der Waals surface area contributed by atoms with Crippen molar-refractivity contribution in [3.05, 3.63) is 46.8 Å². The van der Waals surface area contributed by atoms with E-state index in [4.69, 9.17) is 0 Å². The Morgan fingerprint density at radius 3 is 2.76 bits per heavy atom. The molecule has 0 amide bonds. The van der Waals surface area contributed by atoms with Crippen LogP contribution in [0.4, 0.5) is 0 Å². The number of phenols is 1. The van der Waals surface area contributed by atoms with E-state index in [-0.39, 0.29) is 0 Å². The predicted molar refractivity (Wildman–Crippen MR) is 73.5 cm³/mol. The average molecular weight is 242 g/mol. The molecule has 0 saturated heterocycles. The van der Waals surface area contributed by atoms with Gasteiger partial charge in [0.25, 0.3) is 0 Å². The predicted octanol–water partition coefficient (Wildman–Crippen LogP) is 4.25. The molecule has 0 atom stereocenters. The van der Waals surface area contributed by atoms with Gasteiger partial charge in [0, 0.05) is 9.75 Å². The lowest BCUT2D eigenvalue weighted by molar-refractivity contribution is 0.474. The van der Waals surface area contributed by atoms with Crippen molar-refractivity contribution in [2.45, 2.75) is 19.8 Å². The molecule has 0 unspecified atom stereocenters. The van der Waals surface area contributed by atoms with Crippen molar-refractivity contribution in [3.63, 3.8) is 0 Å². The minimum absolute atomic E-state index is 0.365. The van der Waals surface area contributed by atoms with Gasteiger partial charge in [-0.3, -0.25) is 0 Å². The van der Waals surface area contributed by atoms with Gasteiger partial charge in [0.15, 0.2) is 0 Å². The van der Waals surface area contributed by atoms with Crippen LogP contribution in [0.15, 0.2) is 30.8 Å². The molecule has 1 aliphatic carbocycles. The summed E-state index contributed by atoms with van der Waals surface area (Å²) >= 11 is 1.81. The van der Waals surface area contributed by atoms with Crippen LogP contribution in [-0.2, 0) is 12.8 Å². The van der Waals surface area contributed by atoms with Crippen molar-refractivity contribution in [2.75, 3.05) is 0 Å². The van der Waals surface area contributed by atoms with Gasteiger partial charge >= 0.3 is 0 Å². The molecular weight excluding hydrogens is 228 g/mol. The van der Waals surface area contributed by atoms with Crippen LogP contribution in [0.3, 0.4) is 0 Å². The highest BCUT2D eigenvalue weighted by molar-refractivity contribution is 7.16. The molecule has 3 rings (SSSR count). The van der Waals surface area contributed by atoms with Gasteiger partial charge in [-0.2, -0.15) is 0 Å². The van der Waals surface area contributed by atoms with Crippen LogP contribution in [0.2, 0.25) is 0 Å². The lowest BCUT2D eigenvalue weighted by Crippen LogP contribution is -2.00. The van der Waals surface area contributed by atoms with Gasteiger partial charge in [-0.25, -0.2) is 0 Å². The summed E-state index contributed by atoms with van der Waals surface area (Å²) in [5.74, 6) is 0.365. The van der Waals surface area contributed by atoms with Crippen LogP contribution in [0.5, 0.6) is 5.75 Å². The van der Waals surface area contributed by atoms with Gasteiger partial charge in [-0.1, -0.05) is 6.58 Å². The molecule has 2 aromatic rings. The van der Waals surface area contributed by atoms with E-state index in [1.165, 1.54) is 26.4 Å².